The predicted molar refractivity (Wildman–Crippen MR) is 72.7 cm³/mol. The lowest BCUT2D eigenvalue weighted by Crippen LogP contribution is -2.26. The molecule has 0 heterocycles. The second-order valence-corrected chi connectivity index (χ2v) is 4.89. The second kappa shape index (κ2) is 5.25. The van der Waals surface area contributed by atoms with Crippen LogP contribution in [0.15, 0.2) is 18.2 Å². The Balaban J connectivity index is 2.18. The van der Waals surface area contributed by atoms with Crippen molar-refractivity contribution in [2.24, 2.45) is 5.92 Å². The summed E-state index contributed by atoms with van der Waals surface area (Å²) in [6.45, 7) is 4.13. The molecule has 0 unspecified atom stereocenters. The van der Waals surface area contributed by atoms with Crippen molar-refractivity contribution in [2.75, 3.05) is 23.7 Å². The summed E-state index contributed by atoms with van der Waals surface area (Å²) in [5, 5.41) is 10.7. The smallest absolute Gasteiger partial charge is 0.292 e. The minimum atomic E-state index is -0.440. The third-order valence-corrected chi connectivity index (χ3v) is 3.24. The first kappa shape index (κ1) is 12.7. The fraction of sp³-hybridized carbons (Fsp3) is 0.538. The molecule has 1 saturated carbocycles. The van der Waals surface area contributed by atoms with Gasteiger partial charge in [0.15, 0.2) is 0 Å². The van der Waals surface area contributed by atoms with Gasteiger partial charge in [-0.05, 0) is 37.3 Å². The van der Waals surface area contributed by atoms with Crippen LogP contribution < -0.4 is 10.6 Å². The Labute approximate surface area is 107 Å². The summed E-state index contributed by atoms with van der Waals surface area (Å²) >= 11 is 0. The minimum Gasteiger partial charge on any atom is -0.393 e. The van der Waals surface area contributed by atoms with Crippen LogP contribution in [0.25, 0.3) is 0 Å². The predicted octanol–water partition coefficient (Wildman–Crippen LogP) is 2.80. The van der Waals surface area contributed by atoms with Gasteiger partial charge in [0.1, 0.15) is 5.69 Å². The van der Waals surface area contributed by atoms with Crippen molar-refractivity contribution in [3.63, 3.8) is 0 Å². The topological polar surface area (TPSA) is 72.4 Å². The van der Waals surface area contributed by atoms with Crippen LogP contribution in [0.1, 0.15) is 26.2 Å². The maximum Gasteiger partial charge on any atom is 0.292 e. The lowest BCUT2D eigenvalue weighted by Gasteiger charge is -2.24. The van der Waals surface area contributed by atoms with Gasteiger partial charge in [-0.15, -0.1) is 0 Å². The molecule has 2 N–H and O–H groups in total. The molecule has 1 aromatic carbocycles. The Hall–Kier alpha value is -1.78. The minimum absolute atomic E-state index is 0.0124. The van der Waals surface area contributed by atoms with Gasteiger partial charge in [-0.1, -0.05) is 6.92 Å². The van der Waals surface area contributed by atoms with E-state index in [1.165, 1.54) is 18.9 Å². The van der Waals surface area contributed by atoms with Crippen LogP contribution >= 0.6 is 0 Å². The van der Waals surface area contributed by atoms with Crippen LogP contribution in [0, 0.1) is 16.0 Å². The summed E-state index contributed by atoms with van der Waals surface area (Å²) in [4.78, 5) is 12.6. The highest BCUT2D eigenvalue weighted by atomic mass is 16.6. The molecule has 0 atom stereocenters. The number of benzene rings is 1. The molecule has 18 heavy (non-hydrogen) atoms. The number of nitro groups is 1. The maximum absolute atomic E-state index is 10.7. The monoisotopic (exact) mass is 249 g/mol. The van der Waals surface area contributed by atoms with E-state index in [1.807, 2.05) is 0 Å². The second-order valence-electron chi connectivity index (χ2n) is 4.89. The van der Waals surface area contributed by atoms with Crippen LogP contribution in [0.2, 0.25) is 0 Å². The molecule has 1 aliphatic rings. The van der Waals surface area contributed by atoms with Gasteiger partial charge in [0, 0.05) is 24.8 Å². The van der Waals surface area contributed by atoms with Gasteiger partial charge in [0.05, 0.1) is 4.92 Å². The zero-order chi connectivity index (χ0) is 13.1. The fourth-order valence-corrected chi connectivity index (χ4v) is 2.11. The van der Waals surface area contributed by atoms with E-state index in [-0.39, 0.29) is 11.4 Å². The van der Waals surface area contributed by atoms with Crippen molar-refractivity contribution in [3.8, 4) is 0 Å². The summed E-state index contributed by atoms with van der Waals surface area (Å²) in [6, 6.07) is 5.02. The van der Waals surface area contributed by atoms with E-state index in [1.54, 1.807) is 12.1 Å². The number of nitrogen functional groups attached to an aromatic ring is 1. The third-order valence-electron chi connectivity index (χ3n) is 3.24. The lowest BCUT2D eigenvalue weighted by molar-refractivity contribution is -0.383. The highest BCUT2D eigenvalue weighted by molar-refractivity contribution is 5.66. The average Bonchev–Trinajstić information content (AvgIpc) is 3.11. The summed E-state index contributed by atoms with van der Waals surface area (Å²) < 4.78 is 0. The molecule has 0 aromatic heterocycles. The van der Waals surface area contributed by atoms with Gasteiger partial charge in [-0.25, -0.2) is 0 Å². The van der Waals surface area contributed by atoms with Crippen LogP contribution in [-0.2, 0) is 0 Å². The Bertz CT molecular complexity index is 444. The van der Waals surface area contributed by atoms with Crippen LogP contribution in [0.4, 0.5) is 17.1 Å². The molecule has 0 radical (unpaired) electrons. The van der Waals surface area contributed by atoms with Crippen molar-refractivity contribution in [2.45, 2.75) is 26.2 Å². The molecule has 0 saturated heterocycles. The molecular weight excluding hydrogens is 230 g/mol. The molecule has 5 nitrogen and oxygen atoms in total. The first-order chi connectivity index (χ1) is 8.61. The lowest BCUT2D eigenvalue weighted by atomic mass is 10.2. The van der Waals surface area contributed by atoms with E-state index >= 15 is 0 Å². The van der Waals surface area contributed by atoms with Gasteiger partial charge in [-0.2, -0.15) is 0 Å². The van der Waals surface area contributed by atoms with Crippen LogP contribution in [-0.4, -0.2) is 18.0 Å². The van der Waals surface area contributed by atoms with Crippen molar-refractivity contribution in [1.29, 1.82) is 0 Å². The molecule has 0 spiro atoms. The number of nitrogens with zero attached hydrogens (tertiary/aromatic N) is 2. The first-order valence-corrected chi connectivity index (χ1v) is 6.40. The molecule has 5 heteroatoms. The van der Waals surface area contributed by atoms with Crippen molar-refractivity contribution < 1.29 is 4.92 Å². The van der Waals surface area contributed by atoms with Gasteiger partial charge >= 0.3 is 0 Å². The number of nitro benzene ring substituents is 1. The largest absolute Gasteiger partial charge is 0.393 e. The van der Waals surface area contributed by atoms with E-state index in [4.69, 9.17) is 5.73 Å². The molecule has 0 aliphatic heterocycles. The molecular formula is C13H19N3O2. The number of hydrogen-bond acceptors (Lipinski definition) is 4. The van der Waals surface area contributed by atoms with Crippen molar-refractivity contribution in [1.82, 2.24) is 0 Å². The highest BCUT2D eigenvalue weighted by Gasteiger charge is 2.24. The molecule has 98 valence electrons. The Morgan fingerprint density at radius 2 is 2.22 bits per heavy atom. The zero-order valence-corrected chi connectivity index (χ0v) is 10.6. The van der Waals surface area contributed by atoms with Crippen LogP contribution in [0.5, 0.6) is 0 Å². The van der Waals surface area contributed by atoms with E-state index in [9.17, 15) is 10.1 Å². The summed E-state index contributed by atoms with van der Waals surface area (Å²) in [6.07, 6.45) is 3.65. The van der Waals surface area contributed by atoms with Crippen LogP contribution in [0.3, 0.4) is 0 Å². The van der Waals surface area contributed by atoms with Gasteiger partial charge < -0.3 is 10.6 Å². The Morgan fingerprint density at radius 3 is 2.72 bits per heavy atom. The van der Waals surface area contributed by atoms with E-state index in [2.05, 4.69) is 11.8 Å². The number of hydrogen-bond donors (Lipinski definition) is 1. The molecule has 2 rings (SSSR count). The van der Waals surface area contributed by atoms with Crippen molar-refractivity contribution in [3.05, 3.63) is 28.3 Å². The molecule has 1 fully saturated rings. The van der Waals surface area contributed by atoms with Gasteiger partial charge in [0.2, 0.25) is 0 Å². The van der Waals surface area contributed by atoms with E-state index in [0.717, 1.165) is 31.1 Å². The Kier molecular flexibility index (Phi) is 3.69. The maximum atomic E-state index is 10.7. The highest BCUT2D eigenvalue weighted by Crippen LogP contribution is 2.33. The molecule has 1 aromatic rings. The molecule has 1 aliphatic carbocycles. The van der Waals surface area contributed by atoms with E-state index in [0.29, 0.717) is 0 Å². The third kappa shape index (κ3) is 2.91. The molecule has 0 bridgehead atoms. The number of anilines is 2. The molecule has 0 amide bonds. The first-order valence-electron chi connectivity index (χ1n) is 6.40. The SMILES string of the molecule is CCCN(CC1CC1)c1ccc([N+](=O)[O-])c(N)c1. The zero-order valence-electron chi connectivity index (χ0n) is 10.6. The number of nitrogens with two attached hydrogens (primary N) is 1. The summed E-state index contributed by atoms with van der Waals surface area (Å²) in [5.74, 6) is 0.785. The standard InChI is InChI=1S/C13H19N3O2/c1-2-7-15(9-10-3-4-10)11-5-6-13(16(17)18)12(14)8-11/h5-6,8,10H,2-4,7,9,14H2,1H3. The van der Waals surface area contributed by atoms with E-state index < -0.39 is 4.92 Å². The number of rotatable bonds is 6. The van der Waals surface area contributed by atoms with Crippen molar-refractivity contribution >= 4 is 17.1 Å². The summed E-state index contributed by atoms with van der Waals surface area (Å²) in [7, 11) is 0. The van der Waals surface area contributed by atoms with Gasteiger partial charge in [-0.3, -0.25) is 10.1 Å². The normalized spacial score (nSPS) is 14.5. The average molecular weight is 249 g/mol. The fourth-order valence-electron chi connectivity index (χ4n) is 2.11. The quantitative estimate of drug-likeness (QED) is 0.478. The Morgan fingerprint density at radius 1 is 1.50 bits per heavy atom. The summed E-state index contributed by atoms with van der Waals surface area (Å²) in [5.41, 5.74) is 6.96. The van der Waals surface area contributed by atoms with Gasteiger partial charge in [0.25, 0.3) is 5.69 Å².